The molecule has 0 aromatic heterocycles. The Morgan fingerprint density at radius 3 is 2.57 bits per heavy atom. The first kappa shape index (κ1) is 14.6. The second kappa shape index (κ2) is 6.62. The van der Waals surface area contributed by atoms with E-state index in [1.807, 2.05) is 6.07 Å². The third-order valence-corrected chi connectivity index (χ3v) is 4.69. The molecule has 2 aliphatic heterocycles. The summed E-state index contributed by atoms with van der Waals surface area (Å²) in [5, 5.41) is 18.7. The average Bonchev–Trinajstić information content (AvgIpc) is 2.72. The smallest absolute Gasteiger partial charge is 0.0570 e. The summed E-state index contributed by atoms with van der Waals surface area (Å²) in [5.74, 6) is 6.19. The van der Waals surface area contributed by atoms with E-state index in [1.54, 1.807) is 0 Å². The second-order valence-electron chi connectivity index (χ2n) is 6.12. The molecule has 3 rings (SSSR count). The molecular formula is C18H23NO2. The molecule has 2 unspecified atom stereocenters. The van der Waals surface area contributed by atoms with Gasteiger partial charge in [-0.2, -0.15) is 0 Å². The van der Waals surface area contributed by atoms with Crippen molar-refractivity contribution in [3.8, 4) is 11.8 Å². The molecule has 2 bridgehead atoms. The summed E-state index contributed by atoms with van der Waals surface area (Å²) < 4.78 is 0. The van der Waals surface area contributed by atoms with Crippen LogP contribution >= 0.6 is 0 Å². The van der Waals surface area contributed by atoms with Crippen molar-refractivity contribution in [2.24, 2.45) is 0 Å². The van der Waals surface area contributed by atoms with E-state index < -0.39 is 0 Å². The first-order valence-corrected chi connectivity index (χ1v) is 7.89. The van der Waals surface area contributed by atoms with E-state index in [-0.39, 0.29) is 12.7 Å². The number of nitrogens with zero attached hydrogens (tertiary/aromatic N) is 1. The van der Waals surface area contributed by atoms with Crippen molar-refractivity contribution in [1.29, 1.82) is 0 Å². The molecule has 2 aliphatic rings. The summed E-state index contributed by atoms with van der Waals surface area (Å²) in [6, 6.07) is 9.33. The molecule has 3 heteroatoms. The highest BCUT2D eigenvalue weighted by molar-refractivity contribution is 5.41. The first-order valence-electron chi connectivity index (χ1n) is 7.89. The summed E-state index contributed by atoms with van der Waals surface area (Å²) in [5.41, 5.74) is 2.33. The number of piperidine rings is 1. The minimum atomic E-state index is -0.113. The molecule has 0 saturated carbocycles. The third kappa shape index (κ3) is 3.29. The van der Waals surface area contributed by atoms with E-state index in [0.717, 1.165) is 24.9 Å². The molecule has 21 heavy (non-hydrogen) atoms. The predicted molar refractivity (Wildman–Crippen MR) is 82.6 cm³/mol. The second-order valence-corrected chi connectivity index (χ2v) is 6.12. The Labute approximate surface area is 126 Å². The van der Waals surface area contributed by atoms with Gasteiger partial charge in [0.05, 0.1) is 12.7 Å². The van der Waals surface area contributed by atoms with Gasteiger partial charge in [-0.25, -0.2) is 0 Å². The van der Waals surface area contributed by atoms with E-state index >= 15 is 0 Å². The fraction of sp³-hybridized carbons (Fsp3) is 0.556. The largest absolute Gasteiger partial charge is 0.395 e. The predicted octanol–water partition coefficient (Wildman–Crippen LogP) is 1.91. The van der Waals surface area contributed by atoms with Gasteiger partial charge in [0.2, 0.25) is 0 Å². The molecule has 2 fully saturated rings. The zero-order chi connectivity index (χ0) is 14.7. The Hall–Kier alpha value is -1.34. The van der Waals surface area contributed by atoms with Crippen LogP contribution in [0.2, 0.25) is 0 Å². The summed E-state index contributed by atoms with van der Waals surface area (Å²) in [6.45, 7) is 1.04. The molecule has 0 aliphatic carbocycles. The van der Waals surface area contributed by atoms with Crippen molar-refractivity contribution in [3.05, 3.63) is 35.4 Å². The van der Waals surface area contributed by atoms with Gasteiger partial charge < -0.3 is 10.2 Å². The van der Waals surface area contributed by atoms with Crippen LogP contribution in [0.1, 0.15) is 43.2 Å². The fourth-order valence-electron chi connectivity index (χ4n) is 3.69. The average molecular weight is 285 g/mol. The first-order chi connectivity index (χ1) is 10.3. The van der Waals surface area contributed by atoms with E-state index in [0.29, 0.717) is 18.5 Å². The Morgan fingerprint density at radius 1 is 1.14 bits per heavy atom. The Balaban J connectivity index is 1.75. The minimum absolute atomic E-state index is 0.113. The highest BCUT2D eigenvalue weighted by atomic mass is 16.3. The number of aliphatic hydroxyl groups excluding tert-OH is 2. The highest BCUT2D eigenvalue weighted by Gasteiger charge is 2.39. The van der Waals surface area contributed by atoms with Crippen LogP contribution in [0.4, 0.5) is 0 Å². The molecule has 0 spiro atoms. The van der Waals surface area contributed by atoms with Crippen molar-refractivity contribution < 1.29 is 10.2 Å². The summed E-state index contributed by atoms with van der Waals surface area (Å²) >= 11 is 0. The van der Waals surface area contributed by atoms with E-state index in [9.17, 15) is 5.11 Å². The number of hydrogen-bond donors (Lipinski definition) is 2. The zero-order valence-corrected chi connectivity index (χ0v) is 12.3. The molecule has 3 nitrogen and oxygen atoms in total. The Morgan fingerprint density at radius 2 is 1.86 bits per heavy atom. The van der Waals surface area contributed by atoms with E-state index in [1.165, 1.54) is 18.4 Å². The van der Waals surface area contributed by atoms with Gasteiger partial charge in [-0.15, -0.1) is 0 Å². The Bertz CT molecular complexity index is 532. The lowest BCUT2D eigenvalue weighted by Gasteiger charge is -2.37. The van der Waals surface area contributed by atoms with Crippen LogP contribution in [0, 0.1) is 11.8 Å². The van der Waals surface area contributed by atoms with E-state index in [2.05, 4.69) is 34.9 Å². The number of fused-ring (bicyclic) bond motifs is 2. The highest BCUT2D eigenvalue weighted by Crippen LogP contribution is 2.37. The van der Waals surface area contributed by atoms with Crippen LogP contribution < -0.4 is 0 Å². The van der Waals surface area contributed by atoms with Gasteiger partial charge in [0.25, 0.3) is 0 Å². The number of benzene rings is 1. The molecular weight excluding hydrogens is 262 g/mol. The standard InChI is InChI=1S/C18H23NO2/c20-10-4-3-6-14-5-1-2-7-15(14)13-19-16-8-9-17(19)12-18(21)11-16/h1-2,5,7,16-18,20-21H,4,8-13H2. The van der Waals surface area contributed by atoms with Crippen molar-refractivity contribution in [3.63, 3.8) is 0 Å². The maximum atomic E-state index is 9.90. The maximum absolute atomic E-state index is 9.90. The molecule has 112 valence electrons. The van der Waals surface area contributed by atoms with Crippen molar-refractivity contribution in [1.82, 2.24) is 4.90 Å². The van der Waals surface area contributed by atoms with Crippen LogP contribution in [0.15, 0.2) is 24.3 Å². The van der Waals surface area contributed by atoms with Gasteiger partial charge in [0.1, 0.15) is 0 Å². The lowest BCUT2D eigenvalue weighted by atomic mass is 9.98. The maximum Gasteiger partial charge on any atom is 0.0570 e. The fourth-order valence-corrected chi connectivity index (χ4v) is 3.69. The van der Waals surface area contributed by atoms with Crippen LogP contribution in [-0.4, -0.2) is 39.9 Å². The molecule has 0 radical (unpaired) electrons. The summed E-state index contributed by atoms with van der Waals surface area (Å²) in [4.78, 5) is 2.55. The molecule has 0 amide bonds. The quantitative estimate of drug-likeness (QED) is 0.834. The van der Waals surface area contributed by atoms with Crippen LogP contribution in [0.5, 0.6) is 0 Å². The van der Waals surface area contributed by atoms with Gasteiger partial charge in [-0.05, 0) is 37.3 Å². The van der Waals surface area contributed by atoms with Gasteiger partial charge >= 0.3 is 0 Å². The van der Waals surface area contributed by atoms with Crippen LogP contribution in [0.3, 0.4) is 0 Å². The molecule has 2 saturated heterocycles. The molecule has 2 heterocycles. The number of aliphatic hydroxyl groups is 2. The topological polar surface area (TPSA) is 43.7 Å². The van der Waals surface area contributed by atoms with Crippen LogP contribution in [-0.2, 0) is 6.54 Å². The zero-order valence-electron chi connectivity index (χ0n) is 12.3. The van der Waals surface area contributed by atoms with Crippen molar-refractivity contribution in [2.75, 3.05) is 6.61 Å². The van der Waals surface area contributed by atoms with Crippen molar-refractivity contribution >= 4 is 0 Å². The lowest BCUT2D eigenvalue weighted by Crippen LogP contribution is -2.44. The number of rotatable bonds is 3. The summed E-state index contributed by atoms with van der Waals surface area (Å²) in [6.07, 6.45) is 4.65. The lowest BCUT2D eigenvalue weighted by molar-refractivity contribution is 0.0310. The minimum Gasteiger partial charge on any atom is -0.395 e. The number of hydrogen-bond acceptors (Lipinski definition) is 3. The molecule has 1 aromatic carbocycles. The molecule has 1 aromatic rings. The third-order valence-electron chi connectivity index (χ3n) is 4.69. The van der Waals surface area contributed by atoms with Gasteiger partial charge in [-0.1, -0.05) is 30.0 Å². The van der Waals surface area contributed by atoms with Crippen molar-refractivity contribution in [2.45, 2.75) is 56.8 Å². The molecule has 2 atom stereocenters. The monoisotopic (exact) mass is 285 g/mol. The summed E-state index contributed by atoms with van der Waals surface area (Å²) in [7, 11) is 0. The Kier molecular flexibility index (Phi) is 4.60. The molecule has 2 N–H and O–H groups in total. The van der Waals surface area contributed by atoms with Gasteiger partial charge in [-0.3, -0.25) is 4.90 Å². The normalized spacial score (nSPS) is 28.2. The van der Waals surface area contributed by atoms with Crippen LogP contribution in [0.25, 0.3) is 0 Å². The van der Waals surface area contributed by atoms with Gasteiger partial charge in [0, 0.05) is 30.6 Å². The SMILES string of the molecule is OCCC#Cc1ccccc1CN1C2CCC1CC(O)C2. The van der Waals surface area contributed by atoms with E-state index in [4.69, 9.17) is 5.11 Å². The van der Waals surface area contributed by atoms with Gasteiger partial charge in [0.15, 0.2) is 0 Å².